The number of carbonyl (C=O) groups is 2. The second kappa shape index (κ2) is 8.15. The molecule has 1 aliphatic carbocycles. The Balaban J connectivity index is 2.19. The smallest absolute Gasteiger partial charge is 0.308 e. The van der Waals surface area contributed by atoms with E-state index in [1.165, 1.54) is 7.11 Å². The van der Waals surface area contributed by atoms with Gasteiger partial charge in [-0.2, -0.15) is 0 Å². The summed E-state index contributed by atoms with van der Waals surface area (Å²) in [6, 6.07) is 0.186. The minimum absolute atomic E-state index is 0.00112. The highest BCUT2D eigenvalue weighted by Gasteiger charge is 2.27. The number of rotatable bonds is 6. The van der Waals surface area contributed by atoms with Gasteiger partial charge in [0.1, 0.15) is 6.61 Å². The minimum Gasteiger partial charge on any atom is -0.469 e. The lowest BCUT2D eigenvalue weighted by Gasteiger charge is -2.26. The van der Waals surface area contributed by atoms with E-state index in [9.17, 15) is 9.59 Å². The Morgan fingerprint density at radius 1 is 1.26 bits per heavy atom. The lowest BCUT2D eigenvalue weighted by Crippen LogP contribution is -2.36. The van der Waals surface area contributed by atoms with Gasteiger partial charge in [0.05, 0.1) is 19.1 Å². The quantitative estimate of drug-likeness (QED) is 0.746. The summed E-state index contributed by atoms with van der Waals surface area (Å²) >= 11 is 0. The Bertz CT molecular complexity index is 298. The molecule has 5 heteroatoms. The van der Waals surface area contributed by atoms with Crippen LogP contribution in [0.1, 0.15) is 46.0 Å². The number of amides is 1. The molecule has 0 radical (unpaired) electrons. The zero-order valence-corrected chi connectivity index (χ0v) is 12.1. The van der Waals surface area contributed by atoms with Gasteiger partial charge in [-0.05, 0) is 39.0 Å². The van der Waals surface area contributed by atoms with Crippen molar-refractivity contribution in [1.82, 2.24) is 5.32 Å². The minimum atomic E-state index is -0.132. The molecule has 1 unspecified atom stereocenters. The number of hydrogen-bond acceptors (Lipinski definition) is 4. The number of methoxy groups -OCH3 is 1. The van der Waals surface area contributed by atoms with Crippen molar-refractivity contribution in [2.75, 3.05) is 13.7 Å². The van der Waals surface area contributed by atoms with Crippen LogP contribution in [0.3, 0.4) is 0 Å². The first-order valence-electron chi connectivity index (χ1n) is 7.05. The molecule has 0 aliphatic heterocycles. The fraction of sp³-hybridized carbons (Fsp3) is 0.857. The molecule has 19 heavy (non-hydrogen) atoms. The average Bonchev–Trinajstić information content (AvgIpc) is 2.44. The van der Waals surface area contributed by atoms with E-state index in [1.54, 1.807) is 0 Å². The molecular weight excluding hydrogens is 246 g/mol. The Kier molecular flexibility index (Phi) is 6.84. The molecule has 0 saturated heterocycles. The predicted octanol–water partition coefficient (Wildman–Crippen LogP) is 1.65. The third-order valence-electron chi connectivity index (χ3n) is 3.68. The van der Waals surface area contributed by atoms with Crippen molar-refractivity contribution in [2.24, 2.45) is 5.92 Å². The number of ether oxygens (including phenoxy) is 2. The summed E-state index contributed by atoms with van der Waals surface area (Å²) in [7, 11) is 1.42. The lowest BCUT2D eigenvalue weighted by molar-refractivity contribution is -0.148. The van der Waals surface area contributed by atoms with Crippen LogP contribution in [-0.4, -0.2) is 37.7 Å². The first-order valence-corrected chi connectivity index (χ1v) is 7.05. The molecule has 0 spiro atoms. The molecule has 1 atom stereocenters. The molecule has 1 N–H and O–H groups in total. The highest BCUT2D eigenvalue weighted by molar-refractivity contribution is 5.77. The number of nitrogens with one attached hydrogen (secondary N) is 1. The van der Waals surface area contributed by atoms with Crippen LogP contribution >= 0.6 is 0 Å². The molecule has 1 fully saturated rings. The molecule has 110 valence electrons. The molecule has 0 aromatic rings. The van der Waals surface area contributed by atoms with E-state index in [-0.39, 0.29) is 36.5 Å². The van der Waals surface area contributed by atoms with Crippen LogP contribution in [0, 0.1) is 5.92 Å². The summed E-state index contributed by atoms with van der Waals surface area (Å²) in [5, 5.41) is 2.87. The maximum Gasteiger partial charge on any atom is 0.308 e. The normalized spacial score (nSPS) is 24.6. The van der Waals surface area contributed by atoms with E-state index in [0.29, 0.717) is 0 Å². The van der Waals surface area contributed by atoms with Gasteiger partial charge in [0.2, 0.25) is 5.91 Å². The standard InChI is InChI=1S/C14H25NO4/c1-4-10(2)15-13(16)9-19-12-7-5-11(6-8-12)14(17)18-3/h10-12H,4-9H2,1-3H3,(H,15,16). The monoisotopic (exact) mass is 271 g/mol. The second-order valence-electron chi connectivity index (χ2n) is 5.18. The summed E-state index contributed by atoms with van der Waals surface area (Å²) in [6.45, 7) is 4.11. The van der Waals surface area contributed by atoms with Gasteiger partial charge in [-0.15, -0.1) is 0 Å². The third kappa shape index (κ3) is 5.59. The fourth-order valence-electron chi connectivity index (χ4n) is 2.24. The largest absolute Gasteiger partial charge is 0.469 e. The van der Waals surface area contributed by atoms with E-state index in [0.717, 1.165) is 32.1 Å². The molecule has 1 rings (SSSR count). The van der Waals surface area contributed by atoms with Crippen LogP contribution in [0.5, 0.6) is 0 Å². The van der Waals surface area contributed by atoms with Crippen LogP contribution in [-0.2, 0) is 19.1 Å². The van der Waals surface area contributed by atoms with Crippen molar-refractivity contribution in [3.8, 4) is 0 Å². The molecule has 5 nitrogen and oxygen atoms in total. The van der Waals surface area contributed by atoms with Crippen LogP contribution in [0.4, 0.5) is 0 Å². The number of esters is 1. The average molecular weight is 271 g/mol. The van der Waals surface area contributed by atoms with Crippen molar-refractivity contribution in [3.05, 3.63) is 0 Å². The SMILES string of the molecule is CCC(C)NC(=O)COC1CCC(C(=O)OC)CC1. The van der Waals surface area contributed by atoms with Gasteiger partial charge in [-0.25, -0.2) is 0 Å². The van der Waals surface area contributed by atoms with Gasteiger partial charge in [-0.3, -0.25) is 9.59 Å². The molecule has 0 heterocycles. The molecule has 0 bridgehead atoms. The molecule has 0 aromatic carbocycles. The van der Waals surface area contributed by atoms with E-state index in [1.807, 2.05) is 13.8 Å². The van der Waals surface area contributed by atoms with Crippen molar-refractivity contribution >= 4 is 11.9 Å². The summed E-state index contributed by atoms with van der Waals surface area (Å²) in [5.74, 6) is -0.198. The van der Waals surface area contributed by atoms with Gasteiger partial charge in [0.15, 0.2) is 0 Å². The summed E-state index contributed by atoms with van der Waals surface area (Å²) < 4.78 is 10.3. The van der Waals surface area contributed by atoms with Crippen molar-refractivity contribution in [1.29, 1.82) is 0 Å². The molecule has 1 saturated carbocycles. The van der Waals surface area contributed by atoms with E-state index < -0.39 is 0 Å². The Labute approximate surface area is 115 Å². The molecular formula is C14H25NO4. The van der Waals surface area contributed by atoms with Gasteiger partial charge in [-0.1, -0.05) is 6.92 Å². The Hall–Kier alpha value is -1.10. The van der Waals surface area contributed by atoms with Gasteiger partial charge in [0.25, 0.3) is 0 Å². The number of carbonyl (C=O) groups excluding carboxylic acids is 2. The highest BCUT2D eigenvalue weighted by Crippen LogP contribution is 2.26. The third-order valence-corrected chi connectivity index (χ3v) is 3.68. The maximum absolute atomic E-state index is 11.6. The van der Waals surface area contributed by atoms with Crippen LogP contribution in [0.2, 0.25) is 0 Å². The van der Waals surface area contributed by atoms with Gasteiger partial charge < -0.3 is 14.8 Å². The van der Waals surface area contributed by atoms with E-state index in [2.05, 4.69) is 5.32 Å². The summed E-state index contributed by atoms with van der Waals surface area (Å²) in [4.78, 5) is 22.9. The van der Waals surface area contributed by atoms with Gasteiger partial charge >= 0.3 is 5.97 Å². The highest BCUT2D eigenvalue weighted by atomic mass is 16.5. The van der Waals surface area contributed by atoms with Gasteiger partial charge in [0, 0.05) is 6.04 Å². The van der Waals surface area contributed by atoms with Crippen LogP contribution in [0.15, 0.2) is 0 Å². The maximum atomic E-state index is 11.6. The van der Waals surface area contributed by atoms with E-state index in [4.69, 9.17) is 9.47 Å². The summed E-state index contributed by atoms with van der Waals surface area (Å²) in [6.07, 6.45) is 4.20. The van der Waals surface area contributed by atoms with Crippen molar-refractivity contribution in [2.45, 2.75) is 58.1 Å². The molecule has 0 aromatic heterocycles. The zero-order chi connectivity index (χ0) is 14.3. The summed E-state index contributed by atoms with van der Waals surface area (Å²) in [5.41, 5.74) is 0. The van der Waals surface area contributed by atoms with Crippen LogP contribution < -0.4 is 5.32 Å². The van der Waals surface area contributed by atoms with Crippen molar-refractivity contribution < 1.29 is 19.1 Å². The fourth-order valence-corrected chi connectivity index (χ4v) is 2.24. The first-order chi connectivity index (χ1) is 9.06. The molecule has 1 amide bonds. The Morgan fingerprint density at radius 3 is 2.42 bits per heavy atom. The number of hydrogen-bond donors (Lipinski definition) is 1. The Morgan fingerprint density at radius 2 is 1.89 bits per heavy atom. The van der Waals surface area contributed by atoms with Crippen LogP contribution in [0.25, 0.3) is 0 Å². The van der Waals surface area contributed by atoms with Crippen molar-refractivity contribution in [3.63, 3.8) is 0 Å². The topological polar surface area (TPSA) is 64.6 Å². The first kappa shape index (κ1) is 16.0. The lowest BCUT2D eigenvalue weighted by atomic mass is 9.87. The second-order valence-corrected chi connectivity index (χ2v) is 5.18. The zero-order valence-electron chi connectivity index (χ0n) is 12.1. The predicted molar refractivity (Wildman–Crippen MR) is 71.6 cm³/mol. The van der Waals surface area contributed by atoms with E-state index >= 15 is 0 Å². The molecule has 1 aliphatic rings.